The van der Waals surface area contributed by atoms with Gasteiger partial charge in [0.2, 0.25) is 0 Å². The minimum atomic E-state index is -2.59. The van der Waals surface area contributed by atoms with Gasteiger partial charge in [0.05, 0.1) is 11.8 Å². The number of anilines is 1. The Morgan fingerprint density at radius 3 is 2.95 bits per heavy atom. The Bertz CT molecular complexity index is 423. The third-order valence-corrected chi connectivity index (χ3v) is 3.11. The molecule has 0 spiro atoms. The second kappa shape index (κ2) is 7.38. The Morgan fingerprint density at radius 1 is 1.40 bits per heavy atom. The summed E-state index contributed by atoms with van der Waals surface area (Å²) in [5, 5.41) is 3.07. The SMILES string of the molecule is Fc1ccc(NCCC2CCCO2)c(OCC(F)F)c1. The van der Waals surface area contributed by atoms with Crippen LogP contribution in [0.2, 0.25) is 0 Å². The number of nitrogens with one attached hydrogen (secondary N) is 1. The van der Waals surface area contributed by atoms with Gasteiger partial charge in [0.1, 0.15) is 18.2 Å². The molecule has 1 N–H and O–H groups in total. The predicted molar refractivity (Wildman–Crippen MR) is 70.0 cm³/mol. The van der Waals surface area contributed by atoms with Crippen LogP contribution in [0.3, 0.4) is 0 Å². The highest BCUT2D eigenvalue weighted by molar-refractivity contribution is 5.56. The second-order valence-electron chi connectivity index (χ2n) is 4.69. The average molecular weight is 289 g/mol. The van der Waals surface area contributed by atoms with Gasteiger partial charge in [0, 0.05) is 19.2 Å². The van der Waals surface area contributed by atoms with Gasteiger partial charge < -0.3 is 14.8 Å². The monoisotopic (exact) mass is 289 g/mol. The van der Waals surface area contributed by atoms with Crippen molar-refractivity contribution in [2.75, 3.05) is 25.1 Å². The van der Waals surface area contributed by atoms with Crippen LogP contribution in [0.5, 0.6) is 5.75 Å². The molecule has 1 fully saturated rings. The van der Waals surface area contributed by atoms with Crippen molar-refractivity contribution < 1.29 is 22.6 Å². The van der Waals surface area contributed by atoms with Crippen LogP contribution in [0, 0.1) is 5.82 Å². The summed E-state index contributed by atoms with van der Waals surface area (Å²) in [6.45, 7) is 0.676. The van der Waals surface area contributed by atoms with Crippen molar-refractivity contribution in [1.82, 2.24) is 0 Å². The number of alkyl halides is 2. The summed E-state index contributed by atoms with van der Waals surface area (Å²) in [4.78, 5) is 0. The van der Waals surface area contributed by atoms with Crippen LogP contribution in [-0.4, -0.2) is 32.3 Å². The number of ether oxygens (including phenoxy) is 2. The zero-order valence-corrected chi connectivity index (χ0v) is 11.1. The molecule has 0 saturated carbocycles. The van der Waals surface area contributed by atoms with Gasteiger partial charge in [0.15, 0.2) is 0 Å². The lowest BCUT2D eigenvalue weighted by atomic mass is 10.2. The zero-order valence-electron chi connectivity index (χ0n) is 11.1. The number of rotatable bonds is 7. The van der Waals surface area contributed by atoms with Crippen LogP contribution in [0.4, 0.5) is 18.9 Å². The summed E-state index contributed by atoms with van der Waals surface area (Å²) in [6, 6.07) is 3.87. The van der Waals surface area contributed by atoms with Crippen LogP contribution in [0.1, 0.15) is 19.3 Å². The molecule has 0 bridgehead atoms. The largest absolute Gasteiger partial charge is 0.485 e. The fraction of sp³-hybridized carbons (Fsp3) is 0.571. The molecule has 1 aromatic carbocycles. The van der Waals surface area contributed by atoms with Crippen LogP contribution >= 0.6 is 0 Å². The first kappa shape index (κ1) is 15.0. The first-order valence-corrected chi connectivity index (χ1v) is 6.71. The highest BCUT2D eigenvalue weighted by atomic mass is 19.3. The third-order valence-electron chi connectivity index (χ3n) is 3.11. The summed E-state index contributed by atoms with van der Waals surface area (Å²) < 4.78 is 47.8. The minimum absolute atomic E-state index is 0.109. The van der Waals surface area contributed by atoms with Crippen molar-refractivity contribution in [3.05, 3.63) is 24.0 Å². The molecule has 1 aliphatic heterocycles. The topological polar surface area (TPSA) is 30.5 Å². The van der Waals surface area contributed by atoms with Gasteiger partial charge in [-0.25, -0.2) is 13.2 Å². The maximum atomic E-state index is 13.1. The van der Waals surface area contributed by atoms with Crippen molar-refractivity contribution in [2.45, 2.75) is 31.8 Å². The molecule has 1 atom stereocenters. The van der Waals surface area contributed by atoms with Crippen molar-refractivity contribution in [1.29, 1.82) is 0 Å². The molecular formula is C14H18F3NO2. The van der Waals surface area contributed by atoms with Crippen molar-refractivity contribution in [2.24, 2.45) is 0 Å². The van der Waals surface area contributed by atoms with E-state index in [1.165, 1.54) is 12.1 Å². The molecule has 112 valence electrons. The molecule has 3 nitrogen and oxygen atoms in total. The molecule has 20 heavy (non-hydrogen) atoms. The third kappa shape index (κ3) is 4.59. The number of benzene rings is 1. The lowest BCUT2D eigenvalue weighted by Crippen LogP contribution is -2.14. The van der Waals surface area contributed by atoms with E-state index in [1.807, 2.05) is 0 Å². The molecule has 1 aliphatic rings. The van der Waals surface area contributed by atoms with Gasteiger partial charge in [-0.1, -0.05) is 0 Å². The zero-order chi connectivity index (χ0) is 14.4. The lowest BCUT2D eigenvalue weighted by molar-refractivity contribution is 0.0820. The summed E-state index contributed by atoms with van der Waals surface area (Å²) in [7, 11) is 0. The highest BCUT2D eigenvalue weighted by Crippen LogP contribution is 2.26. The van der Waals surface area contributed by atoms with E-state index < -0.39 is 18.8 Å². The summed E-state index contributed by atoms with van der Waals surface area (Å²) in [6.07, 6.45) is 0.599. The van der Waals surface area contributed by atoms with Gasteiger partial charge in [-0.15, -0.1) is 0 Å². The molecule has 6 heteroatoms. The van der Waals surface area contributed by atoms with Crippen LogP contribution in [0.25, 0.3) is 0 Å². The average Bonchev–Trinajstić information content (AvgIpc) is 2.91. The Morgan fingerprint density at radius 2 is 2.25 bits per heavy atom. The molecule has 0 aromatic heterocycles. The summed E-state index contributed by atoms with van der Waals surface area (Å²) >= 11 is 0. The fourth-order valence-corrected chi connectivity index (χ4v) is 2.15. The molecule has 0 radical (unpaired) electrons. The van der Waals surface area contributed by atoms with Gasteiger partial charge >= 0.3 is 0 Å². The Kier molecular flexibility index (Phi) is 5.52. The highest BCUT2D eigenvalue weighted by Gasteiger charge is 2.15. The normalized spacial score (nSPS) is 18.5. The second-order valence-corrected chi connectivity index (χ2v) is 4.69. The molecule has 0 aliphatic carbocycles. The standard InChI is InChI=1S/C14H18F3NO2/c15-10-3-4-12(13(8-10)20-9-14(16)17)18-6-5-11-2-1-7-19-11/h3-4,8,11,14,18H,1-2,5-7,9H2. The van der Waals surface area contributed by atoms with Crippen molar-refractivity contribution >= 4 is 5.69 Å². The van der Waals surface area contributed by atoms with Crippen LogP contribution in [-0.2, 0) is 4.74 Å². The number of hydrogen-bond acceptors (Lipinski definition) is 3. The Hall–Kier alpha value is -1.43. The van der Waals surface area contributed by atoms with Crippen LogP contribution < -0.4 is 10.1 Å². The Balaban J connectivity index is 1.88. The van der Waals surface area contributed by atoms with E-state index in [1.54, 1.807) is 0 Å². The van der Waals surface area contributed by atoms with Gasteiger partial charge in [0.25, 0.3) is 6.43 Å². The molecular weight excluding hydrogens is 271 g/mol. The van der Waals surface area contributed by atoms with E-state index in [0.717, 1.165) is 31.9 Å². The minimum Gasteiger partial charge on any atom is -0.485 e. The van der Waals surface area contributed by atoms with E-state index in [-0.39, 0.29) is 11.9 Å². The number of halogens is 3. The van der Waals surface area contributed by atoms with E-state index in [4.69, 9.17) is 9.47 Å². The van der Waals surface area contributed by atoms with E-state index in [9.17, 15) is 13.2 Å². The quantitative estimate of drug-likeness (QED) is 0.834. The smallest absolute Gasteiger partial charge is 0.272 e. The molecule has 1 unspecified atom stereocenters. The molecule has 2 rings (SSSR count). The maximum Gasteiger partial charge on any atom is 0.272 e. The van der Waals surface area contributed by atoms with Gasteiger partial charge in [-0.3, -0.25) is 0 Å². The molecule has 1 aromatic rings. The van der Waals surface area contributed by atoms with Crippen LogP contribution in [0.15, 0.2) is 18.2 Å². The van der Waals surface area contributed by atoms with Crippen molar-refractivity contribution in [3.63, 3.8) is 0 Å². The van der Waals surface area contributed by atoms with E-state index in [0.29, 0.717) is 12.2 Å². The van der Waals surface area contributed by atoms with Gasteiger partial charge in [-0.05, 0) is 31.4 Å². The fourth-order valence-electron chi connectivity index (χ4n) is 2.15. The molecule has 1 saturated heterocycles. The van der Waals surface area contributed by atoms with Gasteiger partial charge in [-0.2, -0.15) is 0 Å². The van der Waals surface area contributed by atoms with Crippen molar-refractivity contribution in [3.8, 4) is 5.75 Å². The first-order chi connectivity index (χ1) is 9.65. The number of hydrogen-bond donors (Lipinski definition) is 1. The summed E-state index contributed by atoms with van der Waals surface area (Å²) in [5.74, 6) is -0.406. The predicted octanol–water partition coefficient (Wildman–Crippen LogP) is 3.45. The first-order valence-electron chi connectivity index (χ1n) is 6.71. The van der Waals surface area contributed by atoms with E-state index >= 15 is 0 Å². The molecule has 0 amide bonds. The lowest BCUT2D eigenvalue weighted by Gasteiger charge is -2.15. The van der Waals surface area contributed by atoms with E-state index in [2.05, 4.69) is 5.32 Å². The summed E-state index contributed by atoms with van der Waals surface area (Å²) in [5.41, 5.74) is 0.519. The maximum absolute atomic E-state index is 13.1. The molecule has 1 heterocycles. The Labute approximate surface area is 116 Å².